The lowest BCUT2D eigenvalue weighted by Gasteiger charge is -2.30. The van der Waals surface area contributed by atoms with Gasteiger partial charge in [0.05, 0.1) is 18.4 Å². The molecule has 8 heteroatoms. The minimum atomic E-state index is 0.413. The smallest absolute Gasteiger partial charge is 0.208 e. The summed E-state index contributed by atoms with van der Waals surface area (Å²) in [5, 5.41) is 5.88. The van der Waals surface area contributed by atoms with Crippen LogP contribution >= 0.6 is 11.3 Å². The van der Waals surface area contributed by atoms with Crippen molar-refractivity contribution in [3.63, 3.8) is 0 Å². The highest BCUT2D eigenvalue weighted by atomic mass is 32.1. The molecule has 5 aromatic rings. The van der Waals surface area contributed by atoms with Gasteiger partial charge in [-0.25, -0.2) is 14.5 Å². The molecule has 0 radical (unpaired) electrons. The van der Waals surface area contributed by atoms with Crippen molar-refractivity contribution in [3.8, 4) is 11.3 Å². The van der Waals surface area contributed by atoms with Crippen molar-refractivity contribution >= 4 is 27.2 Å². The van der Waals surface area contributed by atoms with Crippen molar-refractivity contribution in [3.05, 3.63) is 57.5 Å². The maximum atomic E-state index is 5.77. The van der Waals surface area contributed by atoms with Crippen molar-refractivity contribution in [1.82, 2.24) is 29.5 Å². The van der Waals surface area contributed by atoms with Gasteiger partial charge in [-0.1, -0.05) is 13.8 Å². The van der Waals surface area contributed by atoms with E-state index in [0.29, 0.717) is 23.8 Å². The first-order valence-electron chi connectivity index (χ1n) is 13.4. The number of piperidine rings is 1. The number of H-pyrrole nitrogens is 1. The van der Waals surface area contributed by atoms with Crippen LogP contribution in [0.5, 0.6) is 0 Å². The molecule has 7 nitrogen and oxygen atoms in total. The predicted octanol–water partition coefficient (Wildman–Crippen LogP) is 6.66. The number of likely N-dealkylation sites (tertiary alicyclic amines) is 1. The van der Waals surface area contributed by atoms with Gasteiger partial charge in [0.15, 0.2) is 5.65 Å². The summed E-state index contributed by atoms with van der Waals surface area (Å²) in [6.07, 6.45) is 8.13. The van der Waals surface area contributed by atoms with Crippen LogP contribution in [0.3, 0.4) is 0 Å². The number of fused-ring (bicyclic) bond motifs is 4. The highest BCUT2D eigenvalue weighted by molar-refractivity contribution is 7.19. The van der Waals surface area contributed by atoms with Crippen LogP contribution in [0.25, 0.3) is 27.1 Å². The zero-order valence-electron chi connectivity index (χ0n) is 22.4. The van der Waals surface area contributed by atoms with Gasteiger partial charge in [0.25, 0.3) is 0 Å². The number of aromatic nitrogens is 5. The lowest BCUT2D eigenvalue weighted by atomic mass is 9.88. The van der Waals surface area contributed by atoms with Gasteiger partial charge in [-0.3, -0.25) is 4.90 Å². The molecule has 5 aromatic heterocycles. The number of pyridine rings is 1. The number of hydrogen-bond acceptors (Lipinski definition) is 6. The summed E-state index contributed by atoms with van der Waals surface area (Å²) < 4.78 is 7.68. The fraction of sp³-hybridized carbons (Fsp3) is 0.483. The summed E-state index contributed by atoms with van der Waals surface area (Å²) in [4.78, 5) is 18.3. The Kier molecular flexibility index (Phi) is 5.18. The molecule has 0 amide bonds. The molecule has 7 rings (SSSR count). The van der Waals surface area contributed by atoms with E-state index in [-0.39, 0.29) is 0 Å². The van der Waals surface area contributed by atoms with Gasteiger partial charge in [0.1, 0.15) is 16.9 Å². The summed E-state index contributed by atoms with van der Waals surface area (Å²) in [6.45, 7) is 15.3. The topological polar surface area (TPSA) is 75.2 Å². The van der Waals surface area contributed by atoms with Crippen molar-refractivity contribution < 1.29 is 4.42 Å². The van der Waals surface area contributed by atoms with Crippen molar-refractivity contribution in [2.75, 3.05) is 6.54 Å². The second kappa shape index (κ2) is 8.27. The number of nitrogens with one attached hydrogen (secondary N) is 1. The average Bonchev–Trinajstić information content (AvgIpc) is 3.68. The first kappa shape index (κ1) is 23.2. The molecule has 2 fully saturated rings. The highest BCUT2D eigenvalue weighted by Gasteiger charge is 2.46. The van der Waals surface area contributed by atoms with Gasteiger partial charge < -0.3 is 9.40 Å². The van der Waals surface area contributed by atoms with E-state index in [0.717, 1.165) is 30.4 Å². The molecular weight excluding hydrogens is 480 g/mol. The molecule has 2 aliphatic rings. The second-order valence-corrected chi connectivity index (χ2v) is 12.5. The molecular formula is C29H34N6OS. The third kappa shape index (κ3) is 3.45. The van der Waals surface area contributed by atoms with Gasteiger partial charge in [0.2, 0.25) is 5.89 Å². The third-order valence-corrected chi connectivity index (χ3v) is 10.3. The zero-order valence-corrected chi connectivity index (χ0v) is 23.2. The molecule has 192 valence electrons. The second-order valence-electron chi connectivity index (χ2n) is 11.5. The Morgan fingerprint density at radius 3 is 2.65 bits per heavy atom. The predicted molar refractivity (Wildman–Crippen MR) is 147 cm³/mol. The molecule has 6 heterocycles. The SMILES string of the molecule is Cc1cnc(CN2C[C@@H]3CC2C[C@H]3c2sc3[nH]c(-c4cn5ncnc5c(C)c4C)c(C(C)C)c3c2C)o1. The van der Waals surface area contributed by atoms with Gasteiger partial charge in [-0.15, -0.1) is 11.3 Å². The van der Waals surface area contributed by atoms with Crippen molar-refractivity contribution in [2.45, 2.75) is 78.8 Å². The molecule has 2 bridgehead atoms. The van der Waals surface area contributed by atoms with Crippen LogP contribution < -0.4 is 0 Å². The van der Waals surface area contributed by atoms with Crippen LogP contribution in [-0.4, -0.2) is 42.1 Å². The van der Waals surface area contributed by atoms with Gasteiger partial charge in [0, 0.05) is 34.6 Å². The summed E-state index contributed by atoms with van der Waals surface area (Å²) in [5.74, 6) is 3.52. The summed E-state index contributed by atoms with van der Waals surface area (Å²) in [7, 11) is 0. The molecule has 0 aromatic carbocycles. The number of hydrogen-bond donors (Lipinski definition) is 1. The molecule has 1 unspecified atom stereocenters. The van der Waals surface area contributed by atoms with Crippen molar-refractivity contribution in [1.29, 1.82) is 0 Å². The summed E-state index contributed by atoms with van der Waals surface area (Å²) in [6, 6.07) is 0.627. The maximum absolute atomic E-state index is 5.77. The molecule has 0 spiro atoms. The van der Waals surface area contributed by atoms with E-state index in [2.05, 4.69) is 65.8 Å². The Bertz CT molecular complexity index is 1650. The number of rotatable bonds is 5. The van der Waals surface area contributed by atoms with E-state index < -0.39 is 0 Å². The Balaban J connectivity index is 1.24. The van der Waals surface area contributed by atoms with Crippen LogP contribution in [0.4, 0.5) is 0 Å². The number of thiophene rings is 1. The van der Waals surface area contributed by atoms with Gasteiger partial charge in [-0.2, -0.15) is 5.10 Å². The lowest BCUT2D eigenvalue weighted by molar-refractivity contribution is 0.175. The summed E-state index contributed by atoms with van der Waals surface area (Å²) >= 11 is 1.99. The van der Waals surface area contributed by atoms with E-state index in [9.17, 15) is 0 Å². The third-order valence-electron chi connectivity index (χ3n) is 8.93. The Morgan fingerprint density at radius 2 is 1.95 bits per heavy atom. The number of aryl methyl sites for hydroxylation is 3. The van der Waals surface area contributed by atoms with Crippen LogP contribution in [0.1, 0.15) is 77.3 Å². The number of aromatic amines is 1. The van der Waals surface area contributed by atoms with E-state index in [1.165, 1.54) is 56.6 Å². The van der Waals surface area contributed by atoms with E-state index in [4.69, 9.17) is 4.42 Å². The Hall–Kier alpha value is -2.97. The standard InChI is InChI=1S/C29H34N6OS/c1-14(2)24-25-18(6)27(21-8-20-7-19(21)10-34(20)12-23-30-9-15(3)36-23)37-29(25)33-26(24)22-11-35-28(31-13-32-35)17(5)16(22)4/h9,11,13-14,19-21,33H,7-8,10,12H2,1-6H3/t19-,20?,21+/m0/s1. The van der Waals surface area contributed by atoms with Crippen LogP contribution in [0.2, 0.25) is 0 Å². The van der Waals surface area contributed by atoms with Crippen molar-refractivity contribution in [2.24, 2.45) is 5.92 Å². The minimum absolute atomic E-state index is 0.413. The molecule has 3 atom stereocenters. The van der Waals surface area contributed by atoms with E-state index in [1.807, 2.05) is 29.0 Å². The largest absolute Gasteiger partial charge is 0.445 e. The normalized spacial score (nSPS) is 22.0. The molecule has 1 aliphatic carbocycles. The average molecular weight is 515 g/mol. The molecule has 1 saturated heterocycles. The first-order valence-corrected chi connectivity index (χ1v) is 14.2. The van der Waals surface area contributed by atoms with Gasteiger partial charge in [-0.05, 0) is 80.5 Å². The Morgan fingerprint density at radius 1 is 1.11 bits per heavy atom. The maximum Gasteiger partial charge on any atom is 0.208 e. The van der Waals surface area contributed by atoms with Gasteiger partial charge >= 0.3 is 0 Å². The summed E-state index contributed by atoms with van der Waals surface area (Å²) in [5.41, 5.74) is 8.76. The first-order chi connectivity index (χ1) is 17.8. The highest BCUT2D eigenvalue weighted by Crippen LogP contribution is 2.53. The van der Waals surface area contributed by atoms with Crippen LogP contribution in [0.15, 0.2) is 23.1 Å². The minimum Gasteiger partial charge on any atom is -0.445 e. The Labute approximate surface area is 220 Å². The fourth-order valence-electron chi connectivity index (χ4n) is 7.06. The zero-order chi connectivity index (χ0) is 25.6. The molecule has 1 N–H and O–H groups in total. The van der Waals surface area contributed by atoms with Crippen LogP contribution in [-0.2, 0) is 6.54 Å². The number of nitrogens with zero attached hydrogens (tertiary/aromatic N) is 5. The monoisotopic (exact) mass is 514 g/mol. The molecule has 1 aliphatic heterocycles. The van der Waals surface area contributed by atoms with E-state index >= 15 is 0 Å². The molecule has 1 saturated carbocycles. The van der Waals surface area contributed by atoms with Crippen LogP contribution in [0, 0.1) is 33.6 Å². The van der Waals surface area contributed by atoms with E-state index in [1.54, 1.807) is 11.2 Å². The molecule has 37 heavy (non-hydrogen) atoms. The number of oxazole rings is 1. The quantitative estimate of drug-likeness (QED) is 0.284. The lowest BCUT2D eigenvalue weighted by Crippen LogP contribution is -2.34. The fourth-order valence-corrected chi connectivity index (χ4v) is 8.49.